The van der Waals surface area contributed by atoms with E-state index in [1.165, 1.54) is 0 Å². The molecule has 0 bridgehead atoms. The predicted molar refractivity (Wildman–Crippen MR) is 79.8 cm³/mol. The maximum absolute atomic E-state index is 10.9. The van der Waals surface area contributed by atoms with E-state index in [0.29, 0.717) is 19.7 Å². The largest absolute Gasteiger partial charge is 0.493 e. The molecule has 0 saturated carbocycles. The monoisotopic (exact) mass is 318 g/mol. The Bertz CT molecular complexity index is 575. The van der Waals surface area contributed by atoms with Gasteiger partial charge in [0.05, 0.1) is 12.9 Å². The maximum Gasteiger partial charge on any atom is 0.208 e. The van der Waals surface area contributed by atoms with Gasteiger partial charge >= 0.3 is 0 Å². The lowest BCUT2D eigenvalue weighted by molar-refractivity contribution is 0.352. The molecular formula is C13H19ClN2O3S. The summed E-state index contributed by atoms with van der Waals surface area (Å²) >= 11 is 6.08. The minimum Gasteiger partial charge on any atom is -0.493 e. The molecular weight excluding hydrogens is 300 g/mol. The van der Waals surface area contributed by atoms with Gasteiger partial charge in [0.15, 0.2) is 0 Å². The molecule has 7 heteroatoms. The van der Waals surface area contributed by atoms with Crippen LogP contribution in [0.5, 0.6) is 5.75 Å². The molecule has 0 aliphatic carbocycles. The lowest BCUT2D eigenvalue weighted by Crippen LogP contribution is -2.26. The van der Waals surface area contributed by atoms with E-state index < -0.39 is 10.0 Å². The molecule has 0 atom stereocenters. The molecule has 112 valence electrons. The lowest BCUT2D eigenvalue weighted by atomic mass is 10.1. The molecule has 20 heavy (non-hydrogen) atoms. The number of ether oxygens (including phenoxy) is 1. The Balaban J connectivity index is 1.78. The molecule has 1 aromatic carbocycles. The van der Waals surface area contributed by atoms with Gasteiger partial charge in [-0.2, -0.15) is 0 Å². The number of hydrogen-bond donors (Lipinski definition) is 2. The van der Waals surface area contributed by atoms with E-state index in [4.69, 9.17) is 16.3 Å². The fourth-order valence-electron chi connectivity index (χ4n) is 2.17. The van der Waals surface area contributed by atoms with Gasteiger partial charge in [-0.1, -0.05) is 11.6 Å². The summed E-state index contributed by atoms with van der Waals surface area (Å²) in [6.45, 7) is 2.54. The van der Waals surface area contributed by atoms with Crippen molar-refractivity contribution in [1.29, 1.82) is 0 Å². The van der Waals surface area contributed by atoms with Crippen LogP contribution in [-0.4, -0.2) is 34.4 Å². The highest BCUT2D eigenvalue weighted by Crippen LogP contribution is 2.32. The predicted octanol–water partition coefficient (Wildman–Crippen LogP) is 1.30. The highest BCUT2D eigenvalue weighted by atomic mass is 35.5. The minimum atomic E-state index is -3.09. The van der Waals surface area contributed by atoms with E-state index in [1.54, 1.807) is 0 Å². The highest BCUT2D eigenvalue weighted by molar-refractivity contribution is 7.88. The van der Waals surface area contributed by atoms with Gasteiger partial charge < -0.3 is 10.1 Å². The van der Waals surface area contributed by atoms with Crippen LogP contribution in [0.2, 0.25) is 5.02 Å². The first-order chi connectivity index (χ1) is 9.46. The smallest absolute Gasteiger partial charge is 0.208 e. The summed E-state index contributed by atoms with van der Waals surface area (Å²) in [6, 6.07) is 3.86. The SMILES string of the molecule is CS(=O)(=O)NCCCNCc1cc(Cl)cc2c1OCC2. The Labute approximate surface area is 124 Å². The van der Waals surface area contributed by atoms with E-state index in [-0.39, 0.29) is 0 Å². The Hall–Kier alpha value is -0.820. The van der Waals surface area contributed by atoms with Crippen LogP contribution in [0.3, 0.4) is 0 Å². The normalized spacial score (nSPS) is 14.1. The number of rotatable bonds is 7. The topological polar surface area (TPSA) is 67.4 Å². The summed E-state index contributed by atoms with van der Waals surface area (Å²) in [5, 5.41) is 4.00. The van der Waals surface area contributed by atoms with Crippen LogP contribution < -0.4 is 14.8 Å². The van der Waals surface area contributed by atoms with Crippen LogP contribution in [-0.2, 0) is 23.0 Å². The van der Waals surface area contributed by atoms with Gasteiger partial charge in [0.2, 0.25) is 10.0 Å². The minimum absolute atomic E-state index is 0.440. The van der Waals surface area contributed by atoms with Crippen molar-refractivity contribution in [2.45, 2.75) is 19.4 Å². The summed E-state index contributed by atoms with van der Waals surface area (Å²) in [4.78, 5) is 0. The van der Waals surface area contributed by atoms with Crippen LogP contribution in [0, 0.1) is 0 Å². The zero-order valence-corrected chi connectivity index (χ0v) is 13.0. The molecule has 2 N–H and O–H groups in total. The zero-order valence-electron chi connectivity index (χ0n) is 11.4. The van der Waals surface area contributed by atoms with Crippen molar-refractivity contribution < 1.29 is 13.2 Å². The summed E-state index contributed by atoms with van der Waals surface area (Å²) in [5.41, 5.74) is 2.22. The number of hydrogen-bond acceptors (Lipinski definition) is 4. The molecule has 5 nitrogen and oxygen atoms in total. The van der Waals surface area contributed by atoms with Gasteiger partial charge in [-0.05, 0) is 30.7 Å². The Morgan fingerprint density at radius 3 is 2.90 bits per heavy atom. The van der Waals surface area contributed by atoms with E-state index in [1.807, 2.05) is 12.1 Å². The Morgan fingerprint density at radius 2 is 2.15 bits per heavy atom. The summed E-state index contributed by atoms with van der Waals surface area (Å²) in [5.74, 6) is 0.941. The molecule has 1 aliphatic heterocycles. The second-order valence-corrected chi connectivity index (χ2v) is 7.12. The fraction of sp³-hybridized carbons (Fsp3) is 0.538. The van der Waals surface area contributed by atoms with Crippen LogP contribution >= 0.6 is 11.6 Å². The first kappa shape index (κ1) is 15.6. The molecule has 1 aromatic rings. The average molecular weight is 319 g/mol. The van der Waals surface area contributed by atoms with E-state index in [9.17, 15) is 8.42 Å². The summed E-state index contributed by atoms with van der Waals surface area (Å²) in [7, 11) is -3.09. The molecule has 0 spiro atoms. The number of halogens is 1. The second kappa shape index (κ2) is 6.76. The van der Waals surface area contributed by atoms with Crippen molar-refractivity contribution in [1.82, 2.24) is 10.0 Å². The number of nitrogens with one attached hydrogen (secondary N) is 2. The average Bonchev–Trinajstić information content (AvgIpc) is 2.79. The van der Waals surface area contributed by atoms with Crippen molar-refractivity contribution in [3.8, 4) is 5.75 Å². The van der Waals surface area contributed by atoms with Crippen molar-refractivity contribution in [2.24, 2.45) is 0 Å². The molecule has 0 amide bonds. The van der Waals surface area contributed by atoms with Gasteiger partial charge in [0.1, 0.15) is 5.75 Å². The van der Waals surface area contributed by atoms with Gasteiger partial charge in [0.25, 0.3) is 0 Å². The van der Waals surface area contributed by atoms with Gasteiger partial charge in [0, 0.05) is 30.1 Å². The first-order valence-electron chi connectivity index (χ1n) is 6.55. The highest BCUT2D eigenvalue weighted by Gasteiger charge is 2.17. The standard InChI is InChI=1S/C13H19ClN2O3S/c1-20(17,18)16-5-2-4-15-9-11-8-12(14)7-10-3-6-19-13(10)11/h7-8,15-16H,2-6,9H2,1H3. The van der Waals surface area contributed by atoms with E-state index in [2.05, 4.69) is 10.0 Å². The fourth-order valence-corrected chi connectivity index (χ4v) is 2.95. The molecule has 0 radical (unpaired) electrons. The Morgan fingerprint density at radius 1 is 1.35 bits per heavy atom. The number of fused-ring (bicyclic) bond motifs is 1. The van der Waals surface area contributed by atoms with Crippen molar-refractivity contribution in [3.05, 3.63) is 28.3 Å². The summed E-state index contributed by atoms with van der Waals surface area (Å²) in [6.07, 6.45) is 2.80. The van der Waals surface area contributed by atoms with Crippen molar-refractivity contribution in [3.63, 3.8) is 0 Å². The third-order valence-corrected chi connectivity index (χ3v) is 3.98. The van der Waals surface area contributed by atoms with Gasteiger partial charge in [-0.3, -0.25) is 0 Å². The van der Waals surface area contributed by atoms with Gasteiger partial charge in [-0.15, -0.1) is 0 Å². The Kier molecular flexibility index (Phi) is 5.26. The molecule has 2 rings (SSSR count). The molecule has 1 aliphatic rings. The van der Waals surface area contributed by atoms with Crippen LogP contribution in [0.4, 0.5) is 0 Å². The first-order valence-corrected chi connectivity index (χ1v) is 8.82. The van der Waals surface area contributed by atoms with Gasteiger partial charge in [-0.25, -0.2) is 13.1 Å². The van der Waals surface area contributed by atoms with Crippen LogP contribution in [0.25, 0.3) is 0 Å². The molecule has 0 aromatic heterocycles. The van der Waals surface area contributed by atoms with E-state index >= 15 is 0 Å². The second-order valence-electron chi connectivity index (χ2n) is 4.85. The third kappa shape index (κ3) is 4.63. The molecule has 0 fully saturated rings. The maximum atomic E-state index is 10.9. The molecule has 0 unspecified atom stereocenters. The lowest BCUT2D eigenvalue weighted by Gasteiger charge is -2.10. The van der Waals surface area contributed by atoms with Crippen LogP contribution in [0.15, 0.2) is 12.1 Å². The summed E-state index contributed by atoms with van der Waals surface area (Å²) < 4.78 is 29.9. The van der Waals surface area contributed by atoms with E-state index in [0.717, 1.165) is 47.5 Å². The quantitative estimate of drug-likeness (QED) is 0.744. The zero-order chi connectivity index (χ0) is 14.6. The number of sulfonamides is 1. The molecule has 0 saturated heterocycles. The van der Waals surface area contributed by atoms with Crippen LogP contribution in [0.1, 0.15) is 17.5 Å². The van der Waals surface area contributed by atoms with Crippen molar-refractivity contribution in [2.75, 3.05) is 26.0 Å². The van der Waals surface area contributed by atoms with Crippen molar-refractivity contribution >= 4 is 21.6 Å². The molecule has 1 heterocycles. The number of benzene rings is 1. The third-order valence-electron chi connectivity index (χ3n) is 3.04.